The van der Waals surface area contributed by atoms with Crippen molar-refractivity contribution >= 4 is 79.5 Å². The molecular formula is C36H22N2OS2. The lowest BCUT2D eigenvalue weighted by Gasteiger charge is -2.22. The number of rotatable bonds is 2. The number of thiophene rings is 1. The Kier molecular flexibility index (Phi) is 4.72. The van der Waals surface area contributed by atoms with Crippen LogP contribution in [0.4, 0.5) is 0 Å². The number of nitrogens with zero attached hydrogens (tertiary/aromatic N) is 2. The fraction of sp³-hybridized carbons (Fsp3) is 0. The first kappa shape index (κ1) is 23.0. The zero-order valence-corrected chi connectivity index (χ0v) is 23.5. The van der Waals surface area contributed by atoms with Crippen molar-refractivity contribution in [2.24, 2.45) is 4.36 Å². The lowest BCUT2D eigenvalue weighted by molar-refractivity contribution is 0.675. The Morgan fingerprint density at radius 2 is 1.24 bits per heavy atom. The third kappa shape index (κ3) is 3.05. The molecule has 194 valence electrons. The Morgan fingerprint density at radius 1 is 0.610 bits per heavy atom. The molecule has 0 saturated carbocycles. The normalized spacial score (nSPS) is 16.8. The van der Waals surface area contributed by atoms with E-state index >= 15 is 0 Å². The second-order valence-electron chi connectivity index (χ2n) is 10.4. The third-order valence-electron chi connectivity index (χ3n) is 8.24. The van der Waals surface area contributed by atoms with Crippen LogP contribution in [0.25, 0.3) is 58.4 Å². The van der Waals surface area contributed by atoms with Gasteiger partial charge in [-0.25, -0.2) is 4.21 Å². The molecule has 0 amide bonds. The van der Waals surface area contributed by atoms with Gasteiger partial charge < -0.3 is 4.57 Å². The molecule has 1 atom stereocenters. The molecule has 0 bridgehead atoms. The van der Waals surface area contributed by atoms with Gasteiger partial charge in [0, 0.05) is 31.8 Å². The summed E-state index contributed by atoms with van der Waals surface area (Å²) in [5.41, 5.74) is 4.17. The van der Waals surface area contributed by atoms with Gasteiger partial charge in [0.05, 0.1) is 37.4 Å². The van der Waals surface area contributed by atoms with Gasteiger partial charge in [-0.05, 0) is 41.1 Å². The minimum absolute atomic E-state index is 0.725. The van der Waals surface area contributed by atoms with E-state index in [0.29, 0.717) is 0 Å². The zero-order valence-electron chi connectivity index (χ0n) is 21.8. The van der Waals surface area contributed by atoms with Crippen LogP contribution in [0.2, 0.25) is 0 Å². The molecule has 9 rings (SSSR count). The van der Waals surface area contributed by atoms with Gasteiger partial charge in [-0.1, -0.05) is 97.1 Å². The molecular weight excluding hydrogens is 541 g/mol. The fourth-order valence-electron chi connectivity index (χ4n) is 6.52. The number of hydrogen-bond donors (Lipinski definition) is 0. The lowest BCUT2D eigenvalue weighted by Crippen LogP contribution is -2.11. The minimum Gasteiger partial charge on any atom is -0.306 e. The maximum Gasteiger partial charge on any atom is 0.109 e. The van der Waals surface area contributed by atoms with Gasteiger partial charge in [0.1, 0.15) is 9.73 Å². The Morgan fingerprint density at radius 3 is 2.07 bits per heavy atom. The summed E-state index contributed by atoms with van der Waals surface area (Å²) in [7, 11) is -2.82. The van der Waals surface area contributed by atoms with E-state index in [9.17, 15) is 4.21 Å². The van der Waals surface area contributed by atoms with Crippen molar-refractivity contribution in [1.29, 1.82) is 0 Å². The molecule has 0 spiro atoms. The molecule has 5 heteroatoms. The molecule has 0 N–H and O–H groups in total. The Hall–Kier alpha value is -4.71. The van der Waals surface area contributed by atoms with Gasteiger partial charge in [-0.2, -0.15) is 4.36 Å². The van der Waals surface area contributed by atoms with E-state index in [2.05, 4.69) is 83.4 Å². The first-order valence-electron chi connectivity index (χ1n) is 13.6. The summed E-state index contributed by atoms with van der Waals surface area (Å²) in [6.45, 7) is 0. The zero-order chi connectivity index (χ0) is 27.1. The van der Waals surface area contributed by atoms with E-state index in [4.69, 9.17) is 4.36 Å². The minimum atomic E-state index is -2.82. The van der Waals surface area contributed by atoms with Crippen LogP contribution >= 0.6 is 11.3 Å². The summed E-state index contributed by atoms with van der Waals surface area (Å²) in [5.74, 6) is 0. The summed E-state index contributed by atoms with van der Waals surface area (Å²) in [6.07, 6.45) is 1.85. The van der Waals surface area contributed by atoms with E-state index in [1.54, 1.807) is 0 Å². The fourth-order valence-corrected chi connectivity index (χ4v) is 9.77. The van der Waals surface area contributed by atoms with Crippen molar-refractivity contribution < 1.29 is 4.21 Å². The SMILES string of the molecule is O=S1(c2ccccc2)=NC=C(n2c3ccccc3c3c4ccccc4c4c5ccccc5sc4c32)c2ccccc21. The van der Waals surface area contributed by atoms with Gasteiger partial charge >= 0.3 is 0 Å². The average molecular weight is 563 g/mol. The molecule has 1 unspecified atom stereocenters. The van der Waals surface area contributed by atoms with Gasteiger partial charge in [0.15, 0.2) is 0 Å². The van der Waals surface area contributed by atoms with Crippen LogP contribution in [-0.2, 0) is 9.73 Å². The van der Waals surface area contributed by atoms with Crippen molar-refractivity contribution in [2.45, 2.75) is 9.79 Å². The van der Waals surface area contributed by atoms with Gasteiger partial charge in [0.2, 0.25) is 0 Å². The molecule has 0 saturated heterocycles. The third-order valence-corrected chi connectivity index (χ3v) is 11.7. The Balaban J connectivity index is 1.52. The van der Waals surface area contributed by atoms with E-state index in [1.807, 2.05) is 66.1 Å². The molecule has 8 aromatic rings. The van der Waals surface area contributed by atoms with E-state index in [0.717, 1.165) is 26.6 Å². The first-order chi connectivity index (χ1) is 20.2. The van der Waals surface area contributed by atoms with Crippen molar-refractivity contribution in [1.82, 2.24) is 4.57 Å². The highest BCUT2D eigenvalue weighted by molar-refractivity contribution is 7.94. The van der Waals surface area contributed by atoms with Crippen molar-refractivity contribution in [3.05, 3.63) is 139 Å². The highest BCUT2D eigenvalue weighted by atomic mass is 32.2. The number of benzene rings is 6. The average Bonchev–Trinajstić information content (AvgIpc) is 3.59. The lowest BCUT2D eigenvalue weighted by atomic mass is 9.99. The van der Waals surface area contributed by atoms with Crippen molar-refractivity contribution in [3.8, 4) is 0 Å². The molecule has 6 aromatic carbocycles. The molecule has 1 aliphatic heterocycles. The highest BCUT2D eigenvalue weighted by Gasteiger charge is 2.28. The van der Waals surface area contributed by atoms with Crippen molar-refractivity contribution in [2.75, 3.05) is 0 Å². The number of hydrogen-bond acceptors (Lipinski definition) is 3. The molecule has 3 nitrogen and oxygen atoms in total. The number of para-hydroxylation sites is 1. The second-order valence-corrected chi connectivity index (χ2v) is 13.6. The molecule has 0 aliphatic carbocycles. The Bertz CT molecular complexity index is 2530. The van der Waals surface area contributed by atoms with Crippen LogP contribution in [0.3, 0.4) is 0 Å². The van der Waals surface area contributed by atoms with E-state index in [-0.39, 0.29) is 0 Å². The molecule has 3 heterocycles. The van der Waals surface area contributed by atoms with Crippen LogP contribution in [0.15, 0.2) is 148 Å². The number of fused-ring (bicyclic) bond motifs is 11. The summed E-state index contributed by atoms with van der Waals surface area (Å²) in [5, 5.41) is 7.51. The molecule has 0 fully saturated rings. The van der Waals surface area contributed by atoms with Gasteiger partial charge in [-0.3, -0.25) is 0 Å². The topological polar surface area (TPSA) is 34.4 Å². The van der Waals surface area contributed by atoms with Crippen LogP contribution < -0.4 is 0 Å². The molecule has 0 radical (unpaired) electrons. The van der Waals surface area contributed by atoms with Crippen LogP contribution in [0.1, 0.15) is 5.56 Å². The standard InChI is InChI=1S/C36H22N2OS2/c39-41(23-12-2-1-3-13-23)32-21-11-8-16-26(32)30(22-37-41)38-29-19-9-6-17-27(29)33-24-14-4-5-15-25(24)34-28-18-7-10-20-31(28)40-36(34)35(33)38/h1-22H. The maximum atomic E-state index is 14.6. The van der Waals surface area contributed by atoms with E-state index < -0.39 is 9.73 Å². The monoisotopic (exact) mass is 562 g/mol. The summed E-state index contributed by atoms with van der Waals surface area (Å²) in [6, 6.07) is 43.8. The molecule has 41 heavy (non-hydrogen) atoms. The van der Waals surface area contributed by atoms with Gasteiger partial charge in [-0.15, -0.1) is 11.3 Å². The smallest absolute Gasteiger partial charge is 0.109 e. The van der Waals surface area contributed by atoms with Gasteiger partial charge in [0.25, 0.3) is 0 Å². The highest BCUT2D eigenvalue weighted by Crippen LogP contribution is 2.49. The first-order valence-corrected chi connectivity index (χ1v) is 15.9. The molecule has 1 aliphatic rings. The second kappa shape index (κ2) is 8.40. The summed E-state index contributed by atoms with van der Waals surface area (Å²) < 4.78 is 24.3. The predicted molar refractivity (Wildman–Crippen MR) is 173 cm³/mol. The quantitative estimate of drug-likeness (QED) is 0.206. The molecule has 2 aromatic heterocycles. The van der Waals surface area contributed by atoms with E-state index in [1.165, 1.54) is 47.2 Å². The largest absolute Gasteiger partial charge is 0.306 e. The maximum absolute atomic E-state index is 14.6. The summed E-state index contributed by atoms with van der Waals surface area (Å²) >= 11 is 1.84. The Labute approximate surface area is 240 Å². The predicted octanol–water partition coefficient (Wildman–Crippen LogP) is 10.1. The summed E-state index contributed by atoms with van der Waals surface area (Å²) in [4.78, 5) is 1.48. The van der Waals surface area contributed by atoms with Crippen LogP contribution in [0, 0.1) is 0 Å². The number of aromatic nitrogens is 1. The van der Waals surface area contributed by atoms with Crippen LogP contribution in [-0.4, -0.2) is 8.78 Å². The van der Waals surface area contributed by atoms with Crippen LogP contribution in [0.5, 0.6) is 0 Å². The van der Waals surface area contributed by atoms with Crippen molar-refractivity contribution in [3.63, 3.8) is 0 Å².